The maximum Gasteiger partial charge on any atom is 0.328 e. The number of benzene rings is 1. The molecule has 84 valence electrons. The largest absolute Gasteiger partial charge is 0.328 e. The molecule has 0 amide bonds. The summed E-state index contributed by atoms with van der Waals surface area (Å²) < 4.78 is 29.2. The molecule has 0 aliphatic carbocycles. The van der Waals surface area contributed by atoms with E-state index < -0.39 is 11.6 Å². The van der Waals surface area contributed by atoms with Crippen LogP contribution in [0, 0.1) is 11.6 Å². The highest BCUT2D eigenvalue weighted by Crippen LogP contribution is 2.12. The van der Waals surface area contributed by atoms with Gasteiger partial charge in [-0.15, -0.1) is 0 Å². The summed E-state index contributed by atoms with van der Waals surface area (Å²) in [6, 6.07) is 3.64. The molecule has 0 spiro atoms. The predicted molar refractivity (Wildman–Crippen MR) is 55.1 cm³/mol. The van der Waals surface area contributed by atoms with Gasteiger partial charge in [0.1, 0.15) is 11.6 Å². The molecule has 0 aliphatic heterocycles. The van der Waals surface area contributed by atoms with Crippen LogP contribution in [0.4, 0.5) is 8.78 Å². The molecule has 0 fully saturated rings. The van der Waals surface area contributed by atoms with Crippen LogP contribution in [0.2, 0.25) is 0 Å². The molecule has 2 rings (SSSR count). The minimum absolute atomic E-state index is 0.0990. The van der Waals surface area contributed by atoms with Gasteiger partial charge in [0.2, 0.25) is 0 Å². The maximum atomic E-state index is 13.3. The van der Waals surface area contributed by atoms with Gasteiger partial charge in [-0.2, -0.15) is 0 Å². The monoisotopic (exact) mass is 224 g/mol. The fraction of sp³-hybridized carbons (Fsp3) is 0.182. The Hall–Kier alpha value is -1.91. The van der Waals surface area contributed by atoms with Crippen LogP contribution in [0.3, 0.4) is 0 Å². The minimum atomic E-state index is -0.643. The van der Waals surface area contributed by atoms with Crippen molar-refractivity contribution in [1.82, 2.24) is 9.13 Å². The van der Waals surface area contributed by atoms with Crippen LogP contribution in [0.5, 0.6) is 0 Å². The summed E-state index contributed by atoms with van der Waals surface area (Å²) in [5.74, 6) is -1.29. The molecule has 1 heterocycles. The van der Waals surface area contributed by atoms with Crippen LogP contribution in [-0.4, -0.2) is 9.13 Å². The van der Waals surface area contributed by atoms with Crippen molar-refractivity contribution in [3.8, 4) is 0 Å². The lowest BCUT2D eigenvalue weighted by Gasteiger charge is -2.04. The van der Waals surface area contributed by atoms with Gasteiger partial charge in [-0.05, 0) is 12.1 Å². The summed E-state index contributed by atoms with van der Waals surface area (Å²) in [6.45, 7) is -0.0990. The number of aromatic nitrogens is 2. The van der Waals surface area contributed by atoms with Gasteiger partial charge in [0.15, 0.2) is 0 Å². The van der Waals surface area contributed by atoms with Crippen molar-refractivity contribution in [2.75, 3.05) is 0 Å². The summed E-state index contributed by atoms with van der Waals surface area (Å²) in [6.07, 6.45) is 3.04. The smallest absolute Gasteiger partial charge is 0.302 e. The summed E-state index contributed by atoms with van der Waals surface area (Å²) in [5.41, 5.74) is -0.404. The average Bonchev–Trinajstić information content (AvgIpc) is 2.55. The normalized spacial score (nSPS) is 10.7. The number of hydrogen-bond acceptors (Lipinski definition) is 1. The second kappa shape index (κ2) is 3.92. The summed E-state index contributed by atoms with van der Waals surface area (Å²) >= 11 is 0. The number of halogens is 2. The van der Waals surface area contributed by atoms with Crippen molar-refractivity contribution in [3.05, 3.63) is 58.3 Å². The van der Waals surface area contributed by atoms with E-state index in [0.717, 1.165) is 0 Å². The molecule has 0 saturated carbocycles. The van der Waals surface area contributed by atoms with Crippen LogP contribution < -0.4 is 5.69 Å². The predicted octanol–water partition coefficient (Wildman–Crippen LogP) is 1.51. The molecule has 1 aromatic carbocycles. The van der Waals surface area contributed by atoms with E-state index in [1.807, 2.05) is 0 Å². The van der Waals surface area contributed by atoms with Crippen LogP contribution in [0.15, 0.2) is 35.4 Å². The van der Waals surface area contributed by atoms with Crippen LogP contribution in [0.25, 0.3) is 0 Å². The second-order valence-corrected chi connectivity index (χ2v) is 3.52. The number of rotatable bonds is 2. The standard InChI is InChI=1S/C11H10F2N2O/c1-14-5-6-15(11(14)16)7-8-9(12)3-2-4-10(8)13/h2-6H,7H2,1H3. The molecule has 0 atom stereocenters. The molecule has 2 aromatic rings. The Kier molecular flexibility index (Phi) is 2.60. The quantitative estimate of drug-likeness (QED) is 0.759. The maximum absolute atomic E-state index is 13.3. The summed E-state index contributed by atoms with van der Waals surface area (Å²) in [5, 5.41) is 0. The van der Waals surface area contributed by atoms with Gasteiger partial charge in [0.05, 0.1) is 6.54 Å². The highest BCUT2D eigenvalue weighted by molar-refractivity contribution is 5.20. The third-order valence-electron chi connectivity index (χ3n) is 2.41. The average molecular weight is 224 g/mol. The van der Waals surface area contributed by atoms with Crippen LogP contribution in [0.1, 0.15) is 5.56 Å². The molecule has 0 aliphatic rings. The lowest BCUT2D eigenvalue weighted by atomic mass is 10.2. The molecule has 16 heavy (non-hydrogen) atoms. The van der Waals surface area contributed by atoms with E-state index in [1.54, 1.807) is 13.2 Å². The van der Waals surface area contributed by atoms with Gasteiger partial charge >= 0.3 is 5.69 Å². The topological polar surface area (TPSA) is 26.9 Å². The third-order valence-corrected chi connectivity index (χ3v) is 2.41. The zero-order valence-electron chi connectivity index (χ0n) is 8.65. The second-order valence-electron chi connectivity index (χ2n) is 3.52. The number of imidazole rings is 1. The van der Waals surface area contributed by atoms with Gasteiger partial charge in [0.25, 0.3) is 0 Å². The Labute approximate surface area is 90.6 Å². The molecule has 1 aromatic heterocycles. The van der Waals surface area contributed by atoms with Crippen LogP contribution in [-0.2, 0) is 13.6 Å². The highest BCUT2D eigenvalue weighted by Gasteiger charge is 2.10. The Morgan fingerprint density at radius 3 is 2.31 bits per heavy atom. The lowest BCUT2D eigenvalue weighted by molar-refractivity contribution is 0.540. The van der Waals surface area contributed by atoms with Gasteiger partial charge in [-0.3, -0.25) is 4.57 Å². The van der Waals surface area contributed by atoms with Crippen molar-refractivity contribution in [2.45, 2.75) is 6.54 Å². The lowest BCUT2D eigenvalue weighted by Crippen LogP contribution is -2.23. The van der Waals surface area contributed by atoms with Crippen molar-refractivity contribution in [3.63, 3.8) is 0 Å². The minimum Gasteiger partial charge on any atom is -0.302 e. The molecule has 5 heteroatoms. The van der Waals surface area contributed by atoms with E-state index in [0.29, 0.717) is 0 Å². The fourth-order valence-electron chi connectivity index (χ4n) is 1.48. The molecule has 0 unspecified atom stereocenters. The Bertz CT molecular complexity index is 551. The van der Waals surface area contributed by atoms with Gasteiger partial charge in [0, 0.05) is 25.0 Å². The molecular weight excluding hydrogens is 214 g/mol. The van der Waals surface area contributed by atoms with Crippen molar-refractivity contribution in [1.29, 1.82) is 0 Å². The third kappa shape index (κ3) is 1.76. The summed E-state index contributed by atoms with van der Waals surface area (Å²) in [7, 11) is 1.58. The van der Waals surface area contributed by atoms with Gasteiger partial charge in [-0.1, -0.05) is 6.07 Å². The Morgan fingerprint density at radius 1 is 1.19 bits per heavy atom. The van der Waals surface area contributed by atoms with Gasteiger partial charge < -0.3 is 4.57 Å². The van der Waals surface area contributed by atoms with Crippen LogP contribution >= 0.6 is 0 Å². The fourth-order valence-corrected chi connectivity index (χ4v) is 1.48. The molecule has 3 nitrogen and oxygen atoms in total. The van der Waals surface area contributed by atoms with E-state index in [4.69, 9.17) is 0 Å². The first-order chi connectivity index (χ1) is 7.59. The first kappa shape index (κ1) is 10.6. The molecule has 0 radical (unpaired) electrons. The van der Waals surface area contributed by atoms with E-state index in [2.05, 4.69) is 0 Å². The summed E-state index contributed by atoms with van der Waals surface area (Å²) in [4.78, 5) is 11.5. The molecule has 0 saturated heterocycles. The zero-order valence-corrected chi connectivity index (χ0v) is 8.65. The van der Waals surface area contributed by atoms with Gasteiger partial charge in [-0.25, -0.2) is 13.6 Å². The SMILES string of the molecule is Cn1ccn(Cc2c(F)cccc2F)c1=O. The van der Waals surface area contributed by atoms with E-state index >= 15 is 0 Å². The number of hydrogen-bond donors (Lipinski definition) is 0. The molecule has 0 N–H and O–H groups in total. The van der Waals surface area contributed by atoms with E-state index in [-0.39, 0.29) is 17.8 Å². The van der Waals surface area contributed by atoms with E-state index in [1.165, 1.54) is 33.5 Å². The first-order valence-corrected chi connectivity index (χ1v) is 4.74. The molecular formula is C11H10F2N2O. The zero-order chi connectivity index (χ0) is 11.7. The van der Waals surface area contributed by atoms with Crippen molar-refractivity contribution in [2.24, 2.45) is 7.05 Å². The Balaban J connectivity index is 2.42. The first-order valence-electron chi connectivity index (χ1n) is 4.74. The molecule has 0 bridgehead atoms. The van der Waals surface area contributed by atoms with E-state index in [9.17, 15) is 13.6 Å². The van der Waals surface area contributed by atoms with Crippen molar-refractivity contribution >= 4 is 0 Å². The van der Waals surface area contributed by atoms with Crippen molar-refractivity contribution < 1.29 is 8.78 Å². The Morgan fingerprint density at radius 2 is 1.81 bits per heavy atom. The number of aryl methyl sites for hydroxylation is 1. The number of nitrogens with zero attached hydrogens (tertiary/aromatic N) is 2. The highest BCUT2D eigenvalue weighted by atomic mass is 19.1.